The summed E-state index contributed by atoms with van der Waals surface area (Å²) in [6.45, 7) is 9.83. The van der Waals surface area contributed by atoms with Crippen molar-refractivity contribution >= 4 is 17.3 Å². The zero-order valence-electron chi connectivity index (χ0n) is 20.7. The van der Waals surface area contributed by atoms with Gasteiger partial charge in [0, 0.05) is 23.2 Å². The number of rotatable bonds is 6. The van der Waals surface area contributed by atoms with Crippen molar-refractivity contribution in [2.75, 3.05) is 7.11 Å². The van der Waals surface area contributed by atoms with E-state index in [0.29, 0.717) is 23.4 Å². The molecule has 1 atom stereocenters. The van der Waals surface area contributed by atoms with Crippen LogP contribution >= 0.6 is 11.6 Å². The van der Waals surface area contributed by atoms with Gasteiger partial charge in [-0.05, 0) is 79.3 Å². The molecule has 1 heterocycles. The second-order valence-corrected chi connectivity index (χ2v) is 9.49. The Balaban J connectivity index is 1.87. The standard InChI is InChI=1S/C30H27ClF2N2O/c1-16-6-8-21(9-7-16)22(12-20-10-18(3)29(34)28(13-20)36-5)27-11-17(2)19(4)30(35-27)23-14-24(31)26(33)15-25(23)32/h6-11,13-15,22,34H,3,12H2,1-2,4-5H3. The molecule has 2 aromatic carbocycles. The molecule has 0 saturated heterocycles. The molecule has 1 unspecified atom stereocenters. The molecule has 0 spiro atoms. The molecule has 1 aliphatic carbocycles. The summed E-state index contributed by atoms with van der Waals surface area (Å²) < 4.78 is 34.1. The second-order valence-electron chi connectivity index (χ2n) is 9.08. The van der Waals surface area contributed by atoms with Crippen LogP contribution in [0.3, 0.4) is 0 Å². The number of hydrogen-bond acceptors (Lipinski definition) is 3. The summed E-state index contributed by atoms with van der Waals surface area (Å²) in [6.07, 6.45) is 4.29. The van der Waals surface area contributed by atoms with Gasteiger partial charge in [0.1, 0.15) is 23.1 Å². The van der Waals surface area contributed by atoms with Crippen molar-refractivity contribution in [1.82, 2.24) is 4.98 Å². The molecule has 0 saturated carbocycles. The van der Waals surface area contributed by atoms with Crippen LogP contribution in [0.25, 0.3) is 11.3 Å². The third-order valence-corrected chi connectivity index (χ3v) is 6.85. The largest absolute Gasteiger partial charge is 0.494 e. The molecular weight excluding hydrogens is 478 g/mol. The van der Waals surface area contributed by atoms with E-state index in [4.69, 9.17) is 26.7 Å². The van der Waals surface area contributed by atoms with Gasteiger partial charge < -0.3 is 4.74 Å². The van der Waals surface area contributed by atoms with Crippen molar-refractivity contribution in [2.24, 2.45) is 0 Å². The predicted octanol–water partition coefficient (Wildman–Crippen LogP) is 8.17. The molecule has 3 aromatic rings. The number of methoxy groups -OCH3 is 1. The first-order chi connectivity index (χ1) is 17.1. The van der Waals surface area contributed by atoms with Gasteiger partial charge in [0.15, 0.2) is 0 Å². The van der Waals surface area contributed by atoms with E-state index in [-0.39, 0.29) is 22.2 Å². The molecule has 36 heavy (non-hydrogen) atoms. The molecule has 0 aliphatic heterocycles. The fourth-order valence-corrected chi connectivity index (χ4v) is 4.51. The SMILES string of the molecule is C=C1C=C(CC(c2ccc(C)cc2)c2cc(C)c(C)c(-c3cc(Cl)c(F)cc3F)n2)C=C(OC)C1=N. The minimum atomic E-state index is -0.809. The Labute approximate surface area is 215 Å². The Kier molecular flexibility index (Phi) is 7.23. The number of benzene rings is 2. The Morgan fingerprint density at radius 1 is 1.03 bits per heavy atom. The summed E-state index contributed by atoms with van der Waals surface area (Å²) in [5.74, 6) is -1.25. The van der Waals surface area contributed by atoms with E-state index in [2.05, 4.69) is 18.7 Å². The fourth-order valence-electron chi connectivity index (χ4n) is 4.35. The lowest BCUT2D eigenvalue weighted by molar-refractivity contribution is 0.314. The zero-order valence-corrected chi connectivity index (χ0v) is 21.4. The summed E-state index contributed by atoms with van der Waals surface area (Å²) in [7, 11) is 1.54. The monoisotopic (exact) mass is 504 g/mol. The first kappa shape index (κ1) is 25.5. The summed E-state index contributed by atoms with van der Waals surface area (Å²) in [5, 5.41) is 8.02. The summed E-state index contributed by atoms with van der Waals surface area (Å²) >= 11 is 6.00. The average Bonchev–Trinajstić information content (AvgIpc) is 2.84. The van der Waals surface area contributed by atoms with Crippen LogP contribution in [-0.4, -0.2) is 17.8 Å². The van der Waals surface area contributed by atoms with Gasteiger partial charge in [-0.1, -0.05) is 48.0 Å². The minimum Gasteiger partial charge on any atom is -0.494 e. The predicted molar refractivity (Wildman–Crippen MR) is 142 cm³/mol. The van der Waals surface area contributed by atoms with Gasteiger partial charge in [0.05, 0.1) is 17.8 Å². The van der Waals surface area contributed by atoms with Crippen molar-refractivity contribution < 1.29 is 13.5 Å². The number of nitrogens with one attached hydrogen (secondary N) is 1. The Bertz CT molecular complexity index is 1440. The Morgan fingerprint density at radius 2 is 1.72 bits per heavy atom. The van der Waals surface area contributed by atoms with E-state index in [0.717, 1.165) is 39.6 Å². The van der Waals surface area contributed by atoms with Gasteiger partial charge in [-0.3, -0.25) is 10.4 Å². The van der Waals surface area contributed by atoms with E-state index < -0.39 is 11.6 Å². The van der Waals surface area contributed by atoms with Crippen LogP contribution in [0.15, 0.2) is 78.1 Å². The highest BCUT2D eigenvalue weighted by Crippen LogP contribution is 2.37. The molecule has 0 radical (unpaired) electrons. The van der Waals surface area contributed by atoms with Crippen molar-refractivity contribution in [3.05, 3.63) is 123 Å². The Hall–Kier alpha value is -3.57. The highest BCUT2D eigenvalue weighted by atomic mass is 35.5. The number of pyridine rings is 1. The van der Waals surface area contributed by atoms with Crippen LogP contribution in [0.5, 0.6) is 0 Å². The number of allylic oxidation sites excluding steroid dienone is 4. The number of aromatic nitrogens is 1. The number of halogens is 3. The van der Waals surface area contributed by atoms with E-state index in [9.17, 15) is 8.78 Å². The fraction of sp³-hybridized carbons (Fsp3) is 0.200. The number of aryl methyl sites for hydroxylation is 2. The van der Waals surface area contributed by atoms with Crippen LogP contribution in [0.4, 0.5) is 8.78 Å². The van der Waals surface area contributed by atoms with Gasteiger partial charge in [-0.25, -0.2) is 8.78 Å². The molecule has 4 rings (SSSR count). The van der Waals surface area contributed by atoms with Crippen LogP contribution in [-0.2, 0) is 4.74 Å². The topological polar surface area (TPSA) is 46.0 Å². The number of ether oxygens (including phenoxy) is 1. The van der Waals surface area contributed by atoms with Crippen LogP contribution in [0.1, 0.15) is 40.3 Å². The zero-order chi connectivity index (χ0) is 26.1. The summed E-state index contributed by atoms with van der Waals surface area (Å²) in [5.41, 5.74) is 7.01. The van der Waals surface area contributed by atoms with E-state index >= 15 is 0 Å². The first-order valence-electron chi connectivity index (χ1n) is 11.5. The Morgan fingerprint density at radius 3 is 2.39 bits per heavy atom. The molecule has 184 valence electrons. The maximum atomic E-state index is 14.9. The smallest absolute Gasteiger partial charge is 0.144 e. The summed E-state index contributed by atoms with van der Waals surface area (Å²) in [6, 6.07) is 12.3. The molecule has 0 amide bonds. The third-order valence-electron chi connectivity index (χ3n) is 6.56. The van der Waals surface area contributed by atoms with Gasteiger partial charge in [0.25, 0.3) is 0 Å². The number of nitrogens with zero attached hydrogens (tertiary/aromatic N) is 1. The lowest BCUT2D eigenvalue weighted by atomic mass is 9.84. The summed E-state index contributed by atoms with van der Waals surface area (Å²) in [4.78, 5) is 4.91. The molecule has 6 heteroatoms. The first-order valence-corrected chi connectivity index (χ1v) is 11.9. The minimum absolute atomic E-state index is 0.156. The second kappa shape index (κ2) is 10.2. The van der Waals surface area contributed by atoms with Gasteiger partial charge >= 0.3 is 0 Å². The lowest BCUT2D eigenvalue weighted by Gasteiger charge is -2.23. The maximum absolute atomic E-state index is 14.9. The van der Waals surface area contributed by atoms with Crippen molar-refractivity contribution in [3.63, 3.8) is 0 Å². The molecule has 1 aromatic heterocycles. The van der Waals surface area contributed by atoms with Crippen molar-refractivity contribution in [2.45, 2.75) is 33.1 Å². The molecule has 1 aliphatic rings. The van der Waals surface area contributed by atoms with Gasteiger partial charge in [-0.15, -0.1) is 0 Å². The van der Waals surface area contributed by atoms with Crippen LogP contribution in [0.2, 0.25) is 5.02 Å². The molecule has 0 bridgehead atoms. The van der Waals surface area contributed by atoms with Gasteiger partial charge in [0.2, 0.25) is 0 Å². The quantitative estimate of drug-likeness (QED) is 0.344. The van der Waals surface area contributed by atoms with Gasteiger partial charge in [-0.2, -0.15) is 0 Å². The highest BCUT2D eigenvalue weighted by Gasteiger charge is 2.24. The van der Waals surface area contributed by atoms with E-state index in [1.165, 1.54) is 13.2 Å². The van der Waals surface area contributed by atoms with Crippen LogP contribution < -0.4 is 0 Å². The molecule has 3 nitrogen and oxygen atoms in total. The third kappa shape index (κ3) is 5.02. The van der Waals surface area contributed by atoms with Crippen molar-refractivity contribution in [1.29, 1.82) is 5.41 Å². The van der Waals surface area contributed by atoms with E-state index in [1.807, 2.05) is 51.1 Å². The molecule has 0 fully saturated rings. The van der Waals surface area contributed by atoms with Crippen molar-refractivity contribution in [3.8, 4) is 11.3 Å². The molecule has 1 N–H and O–H groups in total. The highest BCUT2D eigenvalue weighted by molar-refractivity contribution is 6.31. The normalized spacial score (nSPS) is 14.4. The maximum Gasteiger partial charge on any atom is 0.144 e. The lowest BCUT2D eigenvalue weighted by Crippen LogP contribution is -2.13. The van der Waals surface area contributed by atoms with E-state index in [1.54, 1.807) is 0 Å². The average molecular weight is 505 g/mol. The molecular formula is C30H27ClF2N2O. The van der Waals surface area contributed by atoms with Crippen LogP contribution in [0, 0.1) is 37.8 Å². The number of hydrogen-bond donors (Lipinski definition) is 1.